The van der Waals surface area contributed by atoms with Crippen molar-refractivity contribution in [3.8, 4) is 5.75 Å². The Hall–Kier alpha value is -3.02. The number of hydrogen-bond acceptors (Lipinski definition) is 5. The summed E-state index contributed by atoms with van der Waals surface area (Å²) in [4.78, 5) is 8.96. The maximum absolute atomic E-state index is 13.7. The van der Waals surface area contributed by atoms with E-state index in [1.165, 1.54) is 7.11 Å². The molecule has 0 saturated carbocycles. The van der Waals surface area contributed by atoms with E-state index in [-0.39, 0.29) is 11.8 Å². The smallest absolute Gasteiger partial charge is 0.364 e. The molecule has 0 radical (unpaired) electrons. The summed E-state index contributed by atoms with van der Waals surface area (Å²) in [6.07, 6.45) is -0.226. The average Bonchev–Trinajstić information content (AvgIpc) is 2.64. The molecule has 12 heteroatoms. The molecule has 6 nitrogen and oxygen atoms in total. The highest BCUT2D eigenvalue weighted by Crippen LogP contribution is 2.28. The molecule has 0 N–H and O–H groups in total. The van der Waals surface area contributed by atoms with Crippen molar-refractivity contribution in [2.24, 2.45) is 0 Å². The van der Waals surface area contributed by atoms with E-state index in [4.69, 9.17) is 4.74 Å². The Morgan fingerprint density at radius 1 is 0.963 bits per heavy atom. The fourth-order valence-electron chi connectivity index (χ4n) is 1.98. The van der Waals surface area contributed by atoms with E-state index >= 15 is 0 Å². The Labute approximate surface area is 148 Å². The lowest BCUT2D eigenvalue weighted by molar-refractivity contribution is -0.410. The van der Waals surface area contributed by atoms with Gasteiger partial charge in [-0.25, -0.2) is 30.4 Å². The van der Waals surface area contributed by atoms with Crippen LogP contribution in [0.3, 0.4) is 0 Å². The number of rotatable bonds is 5. The van der Waals surface area contributed by atoms with Crippen LogP contribution < -0.4 is 4.74 Å². The highest BCUT2D eigenvalue weighted by atomic mass is 32.2. The van der Waals surface area contributed by atoms with Gasteiger partial charge in [0.15, 0.2) is 23.3 Å². The van der Waals surface area contributed by atoms with E-state index in [1.54, 1.807) is 0 Å². The predicted octanol–water partition coefficient (Wildman–Crippen LogP) is 3.44. The number of nitro groups is 1. The van der Waals surface area contributed by atoms with Gasteiger partial charge in [-0.1, -0.05) is 0 Å². The third-order valence-corrected chi connectivity index (χ3v) is 5.05. The van der Waals surface area contributed by atoms with E-state index in [2.05, 4.69) is 0 Å². The summed E-state index contributed by atoms with van der Waals surface area (Å²) in [5, 5.41) is 9.35. The number of halogens is 5. The van der Waals surface area contributed by atoms with Gasteiger partial charge in [-0.2, -0.15) is 0 Å². The molecule has 0 fully saturated rings. The standard InChI is InChI=1S/C15H8F5NO5S/c1-26-7-2-4-8(5-3-7)27(24,25)10(21(22)23)6-9-11(16)13(18)15(20)14(19)12(9)17/h2-6H,1H3/b10-6-. The third-order valence-electron chi connectivity index (χ3n) is 3.34. The molecule has 0 atom stereocenters. The Bertz CT molecular complexity index is 1020. The van der Waals surface area contributed by atoms with Crippen LogP contribution in [-0.2, 0) is 9.84 Å². The van der Waals surface area contributed by atoms with Crippen LogP contribution in [-0.4, -0.2) is 20.5 Å². The van der Waals surface area contributed by atoms with Gasteiger partial charge in [-0.05, 0) is 24.3 Å². The fraction of sp³-hybridized carbons (Fsp3) is 0.0667. The number of ether oxygens (including phenoxy) is 1. The van der Waals surface area contributed by atoms with E-state index in [0.717, 1.165) is 24.3 Å². The van der Waals surface area contributed by atoms with Crippen LogP contribution in [0, 0.1) is 39.2 Å². The van der Waals surface area contributed by atoms with Crippen LogP contribution in [0.25, 0.3) is 6.08 Å². The van der Waals surface area contributed by atoms with Crippen LogP contribution in [0.5, 0.6) is 5.75 Å². The van der Waals surface area contributed by atoms with E-state index in [0.29, 0.717) is 0 Å². The molecule has 144 valence electrons. The molecule has 0 bridgehead atoms. The van der Waals surface area contributed by atoms with Gasteiger partial charge in [0.2, 0.25) is 5.82 Å². The highest BCUT2D eigenvalue weighted by molar-refractivity contribution is 7.95. The molecule has 0 aliphatic carbocycles. The van der Waals surface area contributed by atoms with Crippen molar-refractivity contribution in [2.75, 3.05) is 7.11 Å². The van der Waals surface area contributed by atoms with Crippen LogP contribution >= 0.6 is 0 Å². The normalized spacial score (nSPS) is 12.1. The monoisotopic (exact) mass is 409 g/mol. The topological polar surface area (TPSA) is 86.5 Å². The molecule has 0 aliphatic rings. The van der Waals surface area contributed by atoms with Gasteiger partial charge in [-0.3, -0.25) is 10.1 Å². The zero-order chi connectivity index (χ0) is 20.5. The minimum Gasteiger partial charge on any atom is -0.497 e. The van der Waals surface area contributed by atoms with Crippen LogP contribution in [0.15, 0.2) is 34.2 Å². The lowest BCUT2D eigenvalue weighted by atomic mass is 10.1. The van der Waals surface area contributed by atoms with Gasteiger partial charge in [0, 0.05) is 6.08 Å². The van der Waals surface area contributed by atoms with Crippen molar-refractivity contribution in [1.29, 1.82) is 0 Å². The Kier molecular flexibility index (Phi) is 5.49. The van der Waals surface area contributed by atoms with Crippen LogP contribution in [0.1, 0.15) is 5.56 Å². The Morgan fingerprint density at radius 2 is 1.41 bits per heavy atom. The molecule has 0 amide bonds. The lowest BCUT2D eigenvalue weighted by Crippen LogP contribution is -2.14. The summed E-state index contributed by atoms with van der Waals surface area (Å²) >= 11 is 0. The van der Waals surface area contributed by atoms with Crippen molar-refractivity contribution in [2.45, 2.75) is 4.90 Å². The first-order valence-electron chi connectivity index (χ1n) is 6.79. The molecule has 27 heavy (non-hydrogen) atoms. The summed E-state index contributed by atoms with van der Waals surface area (Å²) in [6.45, 7) is 0. The second kappa shape index (κ2) is 7.31. The van der Waals surface area contributed by atoms with Gasteiger partial charge in [0.25, 0.3) is 9.84 Å². The van der Waals surface area contributed by atoms with Crippen molar-refractivity contribution in [1.82, 2.24) is 0 Å². The summed E-state index contributed by atoms with van der Waals surface area (Å²) in [5.74, 6) is -11.8. The predicted molar refractivity (Wildman–Crippen MR) is 81.4 cm³/mol. The second-order valence-electron chi connectivity index (χ2n) is 4.90. The van der Waals surface area contributed by atoms with Crippen molar-refractivity contribution in [3.05, 3.63) is 74.1 Å². The lowest BCUT2D eigenvalue weighted by Gasteiger charge is -2.06. The average molecular weight is 409 g/mol. The van der Waals surface area contributed by atoms with Gasteiger partial charge in [0.05, 0.1) is 22.5 Å². The van der Waals surface area contributed by atoms with Crippen molar-refractivity contribution in [3.63, 3.8) is 0 Å². The third kappa shape index (κ3) is 3.60. The number of sulfone groups is 1. The molecule has 0 aromatic heterocycles. The molecule has 2 rings (SSSR count). The summed E-state index contributed by atoms with van der Waals surface area (Å²) < 4.78 is 96.5. The molecule has 0 unspecified atom stereocenters. The van der Waals surface area contributed by atoms with Gasteiger partial charge in [0.1, 0.15) is 5.75 Å². The molecular weight excluding hydrogens is 401 g/mol. The van der Waals surface area contributed by atoms with Crippen molar-refractivity contribution >= 4 is 15.9 Å². The molecule has 2 aromatic carbocycles. The maximum Gasteiger partial charge on any atom is 0.364 e. The summed E-state index contributed by atoms with van der Waals surface area (Å²) in [6, 6.07) is 4.10. The highest BCUT2D eigenvalue weighted by Gasteiger charge is 2.34. The molecule has 0 saturated heterocycles. The number of hydrogen-bond donors (Lipinski definition) is 0. The molecule has 2 aromatic rings. The maximum atomic E-state index is 13.7. The largest absolute Gasteiger partial charge is 0.497 e. The first-order valence-corrected chi connectivity index (χ1v) is 8.27. The van der Waals surface area contributed by atoms with Gasteiger partial charge >= 0.3 is 5.03 Å². The van der Waals surface area contributed by atoms with E-state index < -0.39 is 59.3 Å². The minimum atomic E-state index is -4.96. The van der Waals surface area contributed by atoms with Gasteiger partial charge < -0.3 is 4.74 Å². The zero-order valence-corrected chi connectivity index (χ0v) is 14.0. The summed E-state index contributed by atoms with van der Waals surface area (Å²) in [7, 11) is -3.69. The second-order valence-corrected chi connectivity index (χ2v) is 6.80. The first kappa shape index (κ1) is 20.3. The number of benzene rings is 2. The first-order chi connectivity index (χ1) is 12.5. The molecule has 0 heterocycles. The molecule has 0 aliphatic heterocycles. The summed E-state index contributed by atoms with van der Waals surface area (Å²) in [5.41, 5.74) is -1.75. The van der Waals surface area contributed by atoms with Crippen molar-refractivity contribution < 1.29 is 40.0 Å². The van der Waals surface area contributed by atoms with Crippen LogP contribution in [0.4, 0.5) is 22.0 Å². The number of nitrogens with zero attached hydrogens (tertiary/aromatic N) is 1. The zero-order valence-electron chi connectivity index (χ0n) is 13.2. The molecule has 0 spiro atoms. The minimum absolute atomic E-state index is 0.209. The number of methoxy groups -OCH3 is 1. The van der Waals surface area contributed by atoms with E-state index in [1.807, 2.05) is 0 Å². The van der Waals surface area contributed by atoms with Crippen LogP contribution in [0.2, 0.25) is 0 Å². The Balaban J connectivity index is 2.73. The van der Waals surface area contributed by atoms with Gasteiger partial charge in [-0.15, -0.1) is 0 Å². The SMILES string of the molecule is COc1ccc(S(=O)(=O)/C(=C\c2c(F)c(F)c(F)c(F)c2F)[N+](=O)[O-])cc1. The quantitative estimate of drug-likeness (QED) is 0.248. The molecular formula is C15H8F5NO5S. The fourth-order valence-corrected chi connectivity index (χ4v) is 3.18. The Morgan fingerprint density at radius 3 is 1.81 bits per heavy atom. The van der Waals surface area contributed by atoms with E-state index in [9.17, 15) is 40.5 Å².